The fraction of sp³-hybridized carbons (Fsp3) is 0.250. The molecule has 4 N–H and O–H groups in total. The van der Waals surface area contributed by atoms with Crippen molar-refractivity contribution in [1.29, 1.82) is 0 Å². The van der Waals surface area contributed by atoms with Crippen molar-refractivity contribution >= 4 is 23.5 Å². The van der Waals surface area contributed by atoms with Gasteiger partial charge in [-0.25, -0.2) is 4.79 Å². The molecule has 0 aliphatic carbocycles. The van der Waals surface area contributed by atoms with Gasteiger partial charge in [-0.05, 0) is 31.3 Å². The maximum absolute atomic E-state index is 11.7. The molecule has 7 nitrogen and oxygen atoms in total. The fourth-order valence-electron chi connectivity index (χ4n) is 1.43. The molecule has 19 heavy (non-hydrogen) atoms. The lowest BCUT2D eigenvalue weighted by Crippen LogP contribution is -2.40. The van der Waals surface area contributed by atoms with Gasteiger partial charge in [-0.15, -0.1) is 0 Å². The Morgan fingerprint density at radius 3 is 2.16 bits per heavy atom. The Hall–Kier alpha value is -2.41. The minimum absolute atomic E-state index is 0.105. The first-order valence-corrected chi connectivity index (χ1v) is 5.47. The van der Waals surface area contributed by atoms with E-state index >= 15 is 0 Å². The predicted octanol–water partition coefficient (Wildman–Crippen LogP) is 0.386. The van der Waals surface area contributed by atoms with Crippen molar-refractivity contribution in [2.45, 2.75) is 12.5 Å². The Balaban J connectivity index is 2.70. The zero-order valence-electron chi connectivity index (χ0n) is 10.2. The molecular weight excluding hydrogens is 252 g/mol. The lowest BCUT2D eigenvalue weighted by molar-refractivity contribution is -0.139. The number of carbonyl (C=O) groups excluding carboxylic acids is 1. The predicted molar refractivity (Wildman–Crippen MR) is 67.1 cm³/mol. The minimum Gasteiger partial charge on any atom is -0.481 e. The van der Waals surface area contributed by atoms with Crippen molar-refractivity contribution in [3.05, 3.63) is 29.8 Å². The Morgan fingerprint density at radius 1 is 1.16 bits per heavy atom. The van der Waals surface area contributed by atoms with E-state index in [1.807, 2.05) is 0 Å². The van der Waals surface area contributed by atoms with Crippen molar-refractivity contribution < 1.29 is 24.6 Å². The van der Waals surface area contributed by atoms with E-state index in [-0.39, 0.29) is 12.0 Å². The molecule has 0 fully saturated rings. The van der Waals surface area contributed by atoms with E-state index < -0.39 is 23.9 Å². The molecule has 0 aliphatic heterocycles. The summed E-state index contributed by atoms with van der Waals surface area (Å²) in [4.78, 5) is 33.0. The summed E-state index contributed by atoms with van der Waals surface area (Å²) in [5.74, 6) is -2.64. The summed E-state index contributed by atoms with van der Waals surface area (Å²) >= 11 is 0. The van der Waals surface area contributed by atoms with Crippen LogP contribution in [0.3, 0.4) is 0 Å². The average molecular weight is 266 g/mol. The van der Waals surface area contributed by atoms with Gasteiger partial charge in [0.15, 0.2) is 0 Å². The van der Waals surface area contributed by atoms with Crippen LogP contribution in [0.15, 0.2) is 24.3 Å². The zero-order valence-corrected chi connectivity index (χ0v) is 10.2. The van der Waals surface area contributed by atoms with E-state index in [0.717, 1.165) is 0 Å². The maximum atomic E-state index is 11.7. The molecule has 102 valence electrons. The summed E-state index contributed by atoms with van der Waals surface area (Å²) in [6.45, 7) is 0. The molecule has 1 aromatic rings. The molecule has 0 spiro atoms. The van der Waals surface area contributed by atoms with Crippen LogP contribution >= 0.6 is 0 Å². The molecule has 0 saturated heterocycles. The van der Waals surface area contributed by atoms with Crippen LogP contribution in [0.1, 0.15) is 16.8 Å². The normalized spacial score (nSPS) is 11.6. The summed E-state index contributed by atoms with van der Waals surface area (Å²) in [7, 11) is 1.49. The van der Waals surface area contributed by atoms with Crippen LogP contribution in [0.25, 0.3) is 0 Å². The van der Waals surface area contributed by atoms with Gasteiger partial charge in [0.2, 0.25) is 5.91 Å². The number of amides is 1. The molecule has 7 heteroatoms. The summed E-state index contributed by atoms with van der Waals surface area (Å²) in [5, 5.41) is 22.5. The third kappa shape index (κ3) is 4.40. The number of carboxylic acid groups (broad SMARTS) is 2. The van der Waals surface area contributed by atoms with Crippen LogP contribution in [0.2, 0.25) is 0 Å². The van der Waals surface area contributed by atoms with Crippen LogP contribution in [0.4, 0.5) is 5.69 Å². The molecular formula is C12H14N2O5. The van der Waals surface area contributed by atoms with Crippen LogP contribution in [-0.2, 0) is 9.59 Å². The molecule has 0 bridgehead atoms. The Morgan fingerprint density at radius 2 is 1.74 bits per heavy atom. The Labute approximate surface area is 109 Å². The van der Waals surface area contributed by atoms with Gasteiger partial charge in [-0.1, -0.05) is 0 Å². The first-order valence-electron chi connectivity index (χ1n) is 5.47. The number of rotatable bonds is 6. The highest BCUT2D eigenvalue weighted by Crippen LogP contribution is 2.10. The van der Waals surface area contributed by atoms with Crippen molar-refractivity contribution in [1.82, 2.24) is 5.32 Å². The van der Waals surface area contributed by atoms with Gasteiger partial charge < -0.3 is 20.8 Å². The second-order valence-corrected chi connectivity index (χ2v) is 3.81. The van der Waals surface area contributed by atoms with Crippen LogP contribution < -0.4 is 10.6 Å². The molecule has 0 unspecified atom stereocenters. The summed E-state index contributed by atoms with van der Waals surface area (Å²) in [6.07, 6.45) is -0.338. The van der Waals surface area contributed by atoms with E-state index in [0.29, 0.717) is 5.69 Å². The number of hydrogen-bond donors (Lipinski definition) is 4. The van der Waals surface area contributed by atoms with Gasteiger partial charge in [0, 0.05) is 5.69 Å². The number of aromatic carboxylic acids is 1. The van der Waals surface area contributed by atoms with Gasteiger partial charge in [0.25, 0.3) is 0 Å². The number of aliphatic carboxylic acids is 1. The molecule has 0 aromatic heterocycles. The van der Waals surface area contributed by atoms with Gasteiger partial charge in [-0.3, -0.25) is 9.59 Å². The van der Waals surface area contributed by atoms with Crippen molar-refractivity contribution in [3.63, 3.8) is 0 Å². The molecule has 1 aromatic carbocycles. The van der Waals surface area contributed by atoms with Gasteiger partial charge in [0.1, 0.15) is 0 Å². The molecule has 0 radical (unpaired) electrons. The van der Waals surface area contributed by atoms with Gasteiger partial charge in [-0.2, -0.15) is 0 Å². The van der Waals surface area contributed by atoms with E-state index in [1.165, 1.54) is 31.3 Å². The van der Waals surface area contributed by atoms with Crippen molar-refractivity contribution in [2.24, 2.45) is 0 Å². The summed E-state index contributed by atoms with van der Waals surface area (Å²) < 4.78 is 0. The third-order valence-electron chi connectivity index (χ3n) is 2.44. The Kier molecular flexibility index (Phi) is 5.01. The van der Waals surface area contributed by atoms with E-state index in [2.05, 4.69) is 10.6 Å². The average Bonchev–Trinajstić information content (AvgIpc) is 2.36. The Bertz CT molecular complexity index is 483. The van der Waals surface area contributed by atoms with Gasteiger partial charge >= 0.3 is 11.9 Å². The van der Waals surface area contributed by atoms with Crippen LogP contribution in [0.5, 0.6) is 0 Å². The number of likely N-dealkylation sites (N-methyl/N-ethyl adjacent to an activating group) is 1. The third-order valence-corrected chi connectivity index (χ3v) is 2.44. The quantitative estimate of drug-likeness (QED) is 0.592. The molecule has 0 heterocycles. The van der Waals surface area contributed by atoms with E-state index in [1.54, 1.807) is 0 Å². The number of nitrogens with one attached hydrogen (secondary N) is 2. The smallest absolute Gasteiger partial charge is 0.335 e. The second kappa shape index (κ2) is 6.50. The highest BCUT2D eigenvalue weighted by atomic mass is 16.4. The largest absolute Gasteiger partial charge is 0.481 e. The zero-order chi connectivity index (χ0) is 14.4. The topological polar surface area (TPSA) is 116 Å². The number of carbonyl (C=O) groups is 3. The number of anilines is 1. The molecule has 0 saturated carbocycles. The lowest BCUT2D eigenvalue weighted by Gasteiger charge is -2.14. The molecule has 1 amide bonds. The van der Waals surface area contributed by atoms with E-state index in [9.17, 15) is 14.4 Å². The van der Waals surface area contributed by atoms with Crippen molar-refractivity contribution in [3.8, 4) is 0 Å². The minimum atomic E-state index is -1.09. The fourth-order valence-corrected chi connectivity index (χ4v) is 1.43. The number of hydrogen-bond acceptors (Lipinski definition) is 4. The van der Waals surface area contributed by atoms with Crippen LogP contribution in [0, 0.1) is 0 Å². The van der Waals surface area contributed by atoms with E-state index in [4.69, 9.17) is 10.2 Å². The molecule has 1 rings (SSSR count). The van der Waals surface area contributed by atoms with Crippen LogP contribution in [-0.4, -0.2) is 41.1 Å². The summed E-state index contributed by atoms with van der Waals surface area (Å²) in [6, 6.07) is 4.73. The molecule has 1 atom stereocenters. The van der Waals surface area contributed by atoms with Gasteiger partial charge in [0.05, 0.1) is 18.0 Å². The SMILES string of the molecule is CN[C@@H](CC(=O)O)C(=O)Nc1ccc(C(=O)O)cc1. The monoisotopic (exact) mass is 266 g/mol. The highest BCUT2D eigenvalue weighted by Gasteiger charge is 2.19. The second-order valence-electron chi connectivity index (χ2n) is 3.81. The molecule has 0 aliphatic rings. The lowest BCUT2D eigenvalue weighted by atomic mass is 10.1. The summed E-state index contributed by atoms with van der Waals surface area (Å²) in [5.41, 5.74) is 0.509. The van der Waals surface area contributed by atoms with Crippen molar-refractivity contribution in [2.75, 3.05) is 12.4 Å². The maximum Gasteiger partial charge on any atom is 0.335 e. The standard InChI is InChI=1S/C12H14N2O5/c1-13-9(6-10(15)16)11(17)14-8-4-2-7(3-5-8)12(18)19/h2-5,9,13H,6H2,1H3,(H,14,17)(H,15,16)(H,18,19)/t9-/m0/s1. The highest BCUT2D eigenvalue weighted by molar-refractivity contribution is 5.97. The number of benzene rings is 1. The number of carboxylic acids is 2. The first-order chi connectivity index (χ1) is 8.93. The first kappa shape index (κ1) is 14.7.